The summed E-state index contributed by atoms with van der Waals surface area (Å²) in [5, 5.41) is 11.4. The zero-order chi connectivity index (χ0) is 17.2. The first-order chi connectivity index (χ1) is 11.7. The van der Waals surface area contributed by atoms with Gasteiger partial charge in [-0.25, -0.2) is 5.48 Å². The number of carbonyl (C=O) groups is 2. The topological polar surface area (TPSA) is 87.7 Å². The SMILES string of the molecule is O=C(NO)c1ccc(OCCCCNC(=O)c2ccccc2)cc1. The van der Waals surface area contributed by atoms with E-state index in [1.54, 1.807) is 41.9 Å². The van der Waals surface area contributed by atoms with Crippen LogP contribution in [-0.4, -0.2) is 30.2 Å². The fourth-order valence-electron chi connectivity index (χ4n) is 2.08. The Morgan fingerprint density at radius 2 is 1.54 bits per heavy atom. The molecule has 0 saturated carbocycles. The summed E-state index contributed by atoms with van der Waals surface area (Å²) in [6.45, 7) is 1.11. The van der Waals surface area contributed by atoms with Crippen molar-refractivity contribution >= 4 is 11.8 Å². The van der Waals surface area contributed by atoms with Crippen LogP contribution >= 0.6 is 0 Å². The molecule has 0 unspecified atom stereocenters. The van der Waals surface area contributed by atoms with E-state index in [9.17, 15) is 9.59 Å². The molecule has 2 rings (SSSR count). The lowest BCUT2D eigenvalue weighted by molar-refractivity contribution is 0.0706. The van der Waals surface area contributed by atoms with Crippen LogP contribution in [0.2, 0.25) is 0 Å². The molecule has 2 amide bonds. The van der Waals surface area contributed by atoms with Crippen molar-refractivity contribution in [2.24, 2.45) is 0 Å². The van der Waals surface area contributed by atoms with Crippen LogP contribution in [0.3, 0.4) is 0 Å². The van der Waals surface area contributed by atoms with Gasteiger partial charge in [-0.2, -0.15) is 0 Å². The van der Waals surface area contributed by atoms with E-state index < -0.39 is 5.91 Å². The summed E-state index contributed by atoms with van der Waals surface area (Å²) in [5.74, 6) is 0.0165. The second-order valence-electron chi connectivity index (χ2n) is 5.14. The summed E-state index contributed by atoms with van der Waals surface area (Å²) in [7, 11) is 0. The Bertz CT molecular complexity index is 656. The molecule has 6 nitrogen and oxygen atoms in total. The van der Waals surface area contributed by atoms with Gasteiger partial charge in [0.15, 0.2) is 0 Å². The third-order valence-corrected chi connectivity index (χ3v) is 3.38. The van der Waals surface area contributed by atoms with Crippen molar-refractivity contribution in [2.45, 2.75) is 12.8 Å². The van der Waals surface area contributed by atoms with Gasteiger partial charge in [0.25, 0.3) is 11.8 Å². The van der Waals surface area contributed by atoms with Crippen LogP contribution in [0.25, 0.3) is 0 Å². The first-order valence-corrected chi connectivity index (χ1v) is 7.71. The van der Waals surface area contributed by atoms with Crippen molar-refractivity contribution in [3.8, 4) is 5.75 Å². The highest BCUT2D eigenvalue weighted by molar-refractivity contribution is 5.94. The van der Waals surface area contributed by atoms with Crippen molar-refractivity contribution in [3.05, 3.63) is 65.7 Å². The Morgan fingerprint density at radius 1 is 0.875 bits per heavy atom. The second kappa shape index (κ2) is 9.32. The van der Waals surface area contributed by atoms with Gasteiger partial charge in [0.2, 0.25) is 0 Å². The van der Waals surface area contributed by atoms with Crippen molar-refractivity contribution in [1.82, 2.24) is 10.8 Å². The van der Waals surface area contributed by atoms with Crippen LogP contribution in [0.4, 0.5) is 0 Å². The number of hydrogen-bond acceptors (Lipinski definition) is 4. The van der Waals surface area contributed by atoms with Crippen LogP contribution in [0.1, 0.15) is 33.6 Å². The monoisotopic (exact) mass is 328 g/mol. The third-order valence-electron chi connectivity index (χ3n) is 3.38. The fraction of sp³-hybridized carbons (Fsp3) is 0.222. The van der Waals surface area contributed by atoms with Gasteiger partial charge >= 0.3 is 0 Å². The van der Waals surface area contributed by atoms with Crippen LogP contribution in [0, 0.1) is 0 Å². The lowest BCUT2D eigenvalue weighted by Gasteiger charge is -2.08. The Kier molecular flexibility index (Phi) is 6.79. The maximum absolute atomic E-state index is 11.8. The highest BCUT2D eigenvalue weighted by Crippen LogP contribution is 2.12. The Hall–Kier alpha value is -2.86. The molecule has 0 spiro atoms. The zero-order valence-corrected chi connectivity index (χ0v) is 13.2. The molecule has 6 heteroatoms. The predicted molar refractivity (Wildman–Crippen MR) is 89.2 cm³/mol. The summed E-state index contributed by atoms with van der Waals surface area (Å²) in [6, 6.07) is 15.6. The highest BCUT2D eigenvalue weighted by Gasteiger charge is 2.04. The number of nitrogens with one attached hydrogen (secondary N) is 2. The Balaban J connectivity index is 1.61. The summed E-state index contributed by atoms with van der Waals surface area (Å²) < 4.78 is 5.56. The van der Waals surface area contributed by atoms with Gasteiger partial charge in [-0.1, -0.05) is 18.2 Å². The quantitative estimate of drug-likeness (QED) is 0.394. The van der Waals surface area contributed by atoms with E-state index in [4.69, 9.17) is 9.94 Å². The molecule has 0 aliphatic rings. The molecule has 0 heterocycles. The minimum absolute atomic E-state index is 0.0748. The zero-order valence-electron chi connectivity index (χ0n) is 13.2. The van der Waals surface area contributed by atoms with Gasteiger partial charge < -0.3 is 10.1 Å². The molecule has 3 N–H and O–H groups in total. The molecule has 0 aromatic heterocycles. The molecule has 2 aromatic rings. The van der Waals surface area contributed by atoms with Crippen LogP contribution in [0.5, 0.6) is 5.75 Å². The molecule has 0 atom stereocenters. The predicted octanol–water partition coefficient (Wildman–Crippen LogP) is 2.39. The molecule has 0 radical (unpaired) electrons. The smallest absolute Gasteiger partial charge is 0.274 e. The molecular weight excluding hydrogens is 308 g/mol. The number of benzene rings is 2. The third kappa shape index (κ3) is 5.40. The number of ether oxygens (including phenoxy) is 1. The lowest BCUT2D eigenvalue weighted by Crippen LogP contribution is -2.24. The minimum Gasteiger partial charge on any atom is -0.494 e. The average molecular weight is 328 g/mol. The standard InChI is InChI=1S/C18H20N2O4/c21-17(14-6-2-1-3-7-14)19-12-4-5-13-24-16-10-8-15(9-11-16)18(22)20-23/h1-3,6-11,23H,4-5,12-13H2,(H,19,21)(H,20,22). The van der Waals surface area contributed by atoms with Crippen LogP contribution in [-0.2, 0) is 0 Å². The van der Waals surface area contributed by atoms with Gasteiger partial charge in [-0.3, -0.25) is 14.8 Å². The number of carbonyl (C=O) groups excluding carboxylic acids is 2. The van der Waals surface area contributed by atoms with Gasteiger partial charge in [0, 0.05) is 17.7 Å². The van der Waals surface area contributed by atoms with E-state index in [0.717, 1.165) is 12.8 Å². The van der Waals surface area contributed by atoms with Crippen LogP contribution in [0.15, 0.2) is 54.6 Å². The van der Waals surface area contributed by atoms with E-state index in [1.165, 1.54) is 0 Å². The summed E-state index contributed by atoms with van der Waals surface area (Å²) in [4.78, 5) is 23.0. The molecule has 0 saturated heterocycles. The first-order valence-electron chi connectivity index (χ1n) is 7.71. The maximum atomic E-state index is 11.8. The van der Waals surface area contributed by atoms with Gasteiger partial charge in [-0.15, -0.1) is 0 Å². The van der Waals surface area contributed by atoms with E-state index in [2.05, 4.69) is 5.32 Å². The van der Waals surface area contributed by atoms with E-state index in [-0.39, 0.29) is 5.91 Å². The van der Waals surface area contributed by atoms with Crippen LogP contribution < -0.4 is 15.5 Å². The van der Waals surface area contributed by atoms with Crippen molar-refractivity contribution in [1.29, 1.82) is 0 Å². The number of hydrogen-bond donors (Lipinski definition) is 3. The molecule has 126 valence electrons. The highest BCUT2D eigenvalue weighted by atomic mass is 16.5. The average Bonchev–Trinajstić information content (AvgIpc) is 2.65. The molecule has 0 aliphatic heterocycles. The number of unbranched alkanes of at least 4 members (excludes halogenated alkanes) is 1. The van der Waals surface area contributed by atoms with Gasteiger partial charge in [0.1, 0.15) is 5.75 Å². The summed E-state index contributed by atoms with van der Waals surface area (Å²) >= 11 is 0. The fourth-order valence-corrected chi connectivity index (χ4v) is 2.08. The molecule has 24 heavy (non-hydrogen) atoms. The first kappa shape index (κ1) is 17.5. The number of hydroxylamine groups is 1. The van der Waals surface area contributed by atoms with E-state index >= 15 is 0 Å². The largest absolute Gasteiger partial charge is 0.494 e. The van der Waals surface area contributed by atoms with Gasteiger partial charge in [-0.05, 0) is 49.2 Å². The normalized spacial score (nSPS) is 10.0. The molecule has 0 bridgehead atoms. The van der Waals surface area contributed by atoms with Crippen molar-refractivity contribution in [3.63, 3.8) is 0 Å². The molecule has 0 fully saturated rings. The minimum atomic E-state index is -0.560. The summed E-state index contributed by atoms with van der Waals surface area (Å²) in [5.41, 5.74) is 2.58. The second-order valence-corrected chi connectivity index (χ2v) is 5.14. The Morgan fingerprint density at radius 3 is 2.21 bits per heavy atom. The molecule has 0 aliphatic carbocycles. The Labute approximate surface area is 140 Å². The molecular formula is C18H20N2O4. The summed E-state index contributed by atoms with van der Waals surface area (Å²) in [6.07, 6.45) is 1.61. The number of rotatable bonds is 8. The lowest BCUT2D eigenvalue weighted by atomic mass is 10.2. The maximum Gasteiger partial charge on any atom is 0.274 e. The van der Waals surface area contributed by atoms with E-state index in [0.29, 0.717) is 30.0 Å². The molecule has 2 aromatic carbocycles. The van der Waals surface area contributed by atoms with E-state index in [1.807, 2.05) is 18.2 Å². The van der Waals surface area contributed by atoms with Gasteiger partial charge in [0.05, 0.1) is 6.61 Å². The van der Waals surface area contributed by atoms with Crippen molar-refractivity contribution < 1.29 is 19.5 Å². The number of amides is 2. The van der Waals surface area contributed by atoms with Crippen molar-refractivity contribution in [2.75, 3.05) is 13.2 Å².